The van der Waals surface area contributed by atoms with Crippen LogP contribution >= 0.6 is 0 Å². The number of nitrogens with zero attached hydrogens (tertiary/aromatic N) is 3. The lowest BCUT2D eigenvalue weighted by atomic mass is 10.1. The van der Waals surface area contributed by atoms with Crippen LogP contribution in [-0.2, 0) is 13.2 Å². The molecule has 3 aromatic carbocycles. The van der Waals surface area contributed by atoms with Gasteiger partial charge in [-0.3, -0.25) is 14.5 Å². The molecule has 0 unspecified atom stereocenters. The molecule has 7 nitrogen and oxygen atoms in total. The van der Waals surface area contributed by atoms with Gasteiger partial charge in [-0.15, -0.1) is 0 Å². The minimum absolute atomic E-state index is 0.0177. The highest BCUT2D eigenvalue weighted by molar-refractivity contribution is 5.79. The molecule has 0 atom stereocenters. The second kappa shape index (κ2) is 9.46. The van der Waals surface area contributed by atoms with Crippen molar-refractivity contribution in [1.29, 1.82) is 0 Å². The van der Waals surface area contributed by atoms with Gasteiger partial charge in [0.1, 0.15) is 18.1 Å². The third-order valence-corrected chi connectivity index (χ3v) is 5.48. The van der Waals surface area contributed by atoms with Gasteiger partial charge in [0.2, 0.25) is 0 Å². The molecule has 34 heavy (non-hydrogen) atoms. The average molecular weight is 450 g/mol. The second-order valence-electron chi connectivity index (χ2n) is 7.80. The van der Waals surface area contributed by atoms with Crippen molar-refractivity contribution in [3.63, 3.8) is 0 Å². The van der Waals surface area contributed by atoms with Gasteiger partial charge in [0.05, 0.1) is 4.92 Å². The number of benzene rings is 3. The SMILES string of the molecule is O=[N+]([O-])c1cccc(-c2nc3c(OCc4ccccc4)cccn3c2NCc2ccccc2)c1. The third kappa shape index (κ3) is 4.45. The summed E-state index contributed by atoms with van der Waals surface area (Å²) < 4.78 is 8.04. The minimum Gasteiger partial charge on any atom is -0.485 e. The summed E-state index contributed by atoms with van der Waals surface area (Å²) in [6.07, 6.45) is 1.91. The Bertz CT molecular complexity index is 1430. The highest BCUT2D eigenvalue weighted by atomic mass is 16.6. The summed E-state index contributed by atoms with van der Waals surface area (Å²) in [5.41, 5.74) is 4.09. The molecule has 2 heterocycles. The molecular weight excluding hydrogens is 428 g/mol. The van der Waals surface area contributed by atoms with E-state index in [9.17, 15) is 10.1 Å². The summed E-state index contributed by atoms with van der Waals surface area (Å²) in [6.45, 7) is 0.984. The average Bonchev–Trinajstić information content (AvgIpc) is 3.27. The van der Waals surface area contributed by atoms with E-state index in [1.165, 1.54) is 6.07 Å². The first-order valence-electron chi connectivity index (χ1n) is 10.9. The molecule has 0 bridgehead atoms. The number of pyridine rings is 1. The molecule has 0 aliphatic heterocycles. The Morgan fingerprint density at radius 3 is 2.35 bits per heavy atom. The van der Waals surface area contributed by atoms with Gasteiger partial charge in [0.15, 0.2) is 11.4 Å². The van der Waals surface area contributed by atoms with Crippen LogP contribution in [0.15, 0.2) is 103 Å². The molecule has 5 rings (SSSR count). The Hall–Kier alpha value is -4.65. The standard InChI is InChI=1S/C27H22N4O3/c32-31(33)23-14-7-13-22(17-23)25-27(28-18-20-9-3-1-4-10-20)30-16-8-15-24(26(30)29-25)34-19-21-11-5-2-6-12-21/h1-17,28H,18-19H2. The van der Waals surface area contributed by atoms with E-state index in [1.54, 1.807) is 12.1 Å². The fourth-order valence-electron chi connectivity index (χ4n) is 3.81. The molecule has 168 valence electrons. The van der Waals surface area contributed by atoms with Crippen molar-refractivity contribution in [1.82, 2.24) is 9.38 Å². The quantitative estimate of drug-likeness (QED) is 0.228. The lowest BCUT2D eigenvalue weighted by Crippen LogP contribution is -2.04. The van der Waals surface area contributed by atoms with E-state index in [2.05, 4.69) is 5.32 Å². The van der Waals surface area contributed by atoms with Crippen LogP contribution in [0.5, 0.6) is 5.75 Å². The highest BCUT2D eigenvalue weighted by Gasteiger charge is 2.19. The number of fused-ring (bicyclic) bond motifs is 1. The summed E-state index contributed by atoms with van der Waals surface area (Å²) in [6, 6.07) is 30.3. The van der Waals surface area contributed by atoms with E-state index in [0.29, 0.717) is 35.8 Å². The van der Waals surface area contributed by atoms with Crippen LogP contribution in [-0.4, -0.2) is 14.3 Å². The molecule has 0 saturated carbocycles. The number of hydrogen-bond donors (Lipinski definition) is 1. The van der Waals surface area contributed by atoms with E-state index < -0.39 is 4.92 Å². The van der Waals surface area contributed by atoms with E-state index in [-0.39, 0.29) is 5.69 Å². The maximum atomic E-state index is 11.4. The van der Waals surface area contributed by atoms with E-state index in [1.807, 2.05) is 89.5 Å². The zero-order valence-electron chi connectivity index (χ0n) is 18.3. The molecule has 0 saturated heterocycles. The number of anilines is 1. The molecular formula is C27H22N4O3. The molecule has 7 heteroatoms. The van der Waals surface area contributed by atoms with Crippen LogP contribution in [0.3, 0.4) is 0 Å². The molecule has 0 spiro atoms. The lowest BCUT2D eigenvalue weighted by Gasteiger charge is -2.10. The number of nitro groups is 1. The van der Waals surface area contributed by atoms with Crippen molar-refractivity contribution in [2.45, 2.75) is 13.2 Å². The van der Waals surface area contributed by atoms with Gasteiger partial charge in [0, 0.05) is 30.4 Å². The number of aromatic nitrogens is 2. The first-order chi connectivity index (χ1) is 16.7. The Kier molecular flexibility index (Phi) is 5.90. The predicted octanol–water partition coefficient (Wildman–Crippen LogP) is 6.10. The van der Waals surface area contributed by atoms with Crippen LogP contribution in [0.2, 0.25) is 0 Å². The first kappa shape index (κ1) is 21.2. The molecule has 0 aliphatic carbocycles. The van der Waals surface area contributed by atoms with Crippen LogP contribution in [0.1, 0.15) is 11.1 Å². The van der Waals surface area contributed by atoms with Gasteiger partial charge in [-0.1, -0.05) is 72.8 Å². The summed E-state index contributed by atoms with van der Waals surface area (Å²) >= 11 is 0. The van der Waals surface area contributed by atoms with E-state index >= 15 is 0 Å². The maximum absolute atomic E-state index is 11.4. The molecule has 0 radical (unpaired) electrons. The van der Waals surface area contributed by atoms with Gasteiger partial charge in [-0.25, -0.2) is 4.98 Å². The molecule has 5 aromatic rings. The third-order valence-electron chi connectivity index (χ3n) is 5.48. The van der Waals surface area contributed by atoms with E-state index in [4.69, 9.17) is 9.72 Å². The number of rotatable bonds is 8. The lowest BCUT2D eigenvalue weighted by molar-refractivity contribution is -0.384. The summed E-state index contributed by atoms with van der Waals surface area (Å²) in [5.74, 6) is 1.37. The summed E-state index contributed by atoms with van der Waals surface area (Å²) in [5, 5.41) is 14.8. The number of hydrogen-bond acceptors (Lipinski definition) is 5. The largest absolute Gasteiger partial charge is 0.485 e. The van der Waals surface area contributed by atoms with Crippen molar-refractivity contribution in [2.75, 3.05) is 5.32 Å². The minimum atomic E-state index is -0.398. The number of ether oxygens (including phenoxy) is 1. The Labute approximate surface area is 196 Å². The monoisotopic (exact) mass is 450 g/mol. The van der Waals surface area contributed by atoms with Crippen molar-refractivity contribution in [2.24, 2.45) is 0 Å². The number of nitro benzene ring substituents is 1. The predicted molar refractivity (Wildman–Crippen MR) is 132 cm³/mol. The molecule has 0 fully saturated rings. The van der Waals surface area contributed by atoms with Crippen LogP contribution < -0.4 is 10.1 Å². The van der Waals surface area contributed by atoms with Crippen LogP contribution in [0.4, 0.5) is 11.5 Å². The van der Waals surface area contributed by atoms with Gasteiger partial charge < -0.3 is 10.1 Å². The first-order valence-corrected chi connectivity index (χ1v) is 10.9. The van der Waals surface area contributed by atoms with E-state index in [0.717, 1.165) is 16.9 Å². The topological polar surface area (TPSA) is 81.7 Å². The zero-order chi connectivity index (χ0) is 23.3. The molecule has 0 amide bonds. The Balaban J connectivity index is 1.57. The van der Waals surface area contributed by atoms with Crippen molar-refractivity contribution in [3.05, 3.63) is 124 Å². The Morgan fingerprint density at radius 1 is 0.882 bits per heavy atom. The smallest absolute Gasteiger partial charge is 0.270 e. The Morgan fingerprint density at radius 2 is 1.62 bits per heavy atom. The molecule has 1 N–H and O–H groups in total. The number of nitrogens with one attached hydrogen (secondary N) is 1. The van der Waals surface area contributed by atoms with Gasteiger partial charge in [0.25, 0.3) is 5.69 Å². The highest BCUT2D eigenvalue weighted by Crippen LogP contribution is 2.34. The zero-order valence-corrected chi connectivity index (χ0v) is 18.3. The molecule has 0 aliphatic rings. The summed E-state index contributed by atoms with van der Waals surface area (Å²) in [7, 11) is 0. The van der Waals surface area contributed by atoms with Crippen molar-refractivity contribution < 1.29 is 9.66 Å². The van der Waals surface area contributed by atoms with Crippen LogP contribution in [0.25, 0.3) is 16.9 Å². The molecule has 2 aromatic heterocycles. The maximum Gasteiger partial charge on any atom is 0.270 e. The van der Waals surface area contributed by atoms with Crippen LogP contribution in [0, 0.1) is 10.1 Å². The number of imidazole rings is 1. The van der Waals surface area contributed by atoms with Crippen molar-refractivity contribution >= 4 is 17.2 Å². The number of non-ortho nitro benzene ring substituents is 1. The van der Waals surface area contributed by atoms with Gasteiger partial charge in [-0.2, -0.15) is 0 Å². The van der Waals surface area contributed by atoms with Gasteiger partial charge >= 0.3 is 0 Å². The van der Waals surface area contributed by atoms with Crippen molar-refractivity contribution in [3.8, 4) is 17.0 Å². The second-order valence-corrected chi connectivity index (χ2v) is 7.80. The fourth-order valence-corrected chi connectivity index (χ4v) is 3.81. The normalized spacial score (nSPS) is 10.8. The summed E-state index contributed by atoms with van der Waals surface area (Å²) in [4.78, 5) is 15.8. The fraction of sp³-hybridized carbons (Fsp3) is 0.0741. The van der Waals surface area contributed by atoms with Gasteiger partial charge in [-0.05, 0) is 23.3 Å².